The van der Waals surface area contributed by atoms with E-state index in [1.807, 2.05) is 13.1 Å². The number of aryl methyl sites for hydroxylation is 1. The number of hydrogen-bond donors (Lipinski definition) is 1. The number of rotatable bonds is 2. The van der Waals surface area contributed by atoms with Crippen LogP contribution in [0.5, 0.6) is 0 Å². The lowest BCUT2D eigenvalue weighted by Crippen LogP contribution is -2.48. The number of pyridine rings is 1. The molecule has 0 aliphatic carbocycles. The Morgan fingerprint density at radius 2 is 2.31 bits per heavy atom. The highest BCUT2D eigenvalue weighted by molar-refractivity contribution is 5.85. The zero-order valence-corrected chi connectivity index (χ0v) is 10.8. The Hall–Kier alpha value is -0.640. The van der Waals surface area contributed by atoms with Crippen LogP contribution in [-0.2, 0) is 6.54 Å². The molecule has 0 amide bonds. The van der Waals surface area contributed by atoms with Crippen molar-refractivity contribution < 1.29 is 0 Å². The molecule has 1 aliphatic heterocycles. The standard InChI is InChI=1S/C12H19N3.ClH/c1-10-3-4-12(7-14-10)9-15-6-5-13-11(2)8-15;/h3-4,7,11,13H,5-6,8-9H2,1-2H3;1H/t11-;/m0./s1. The normalized spacial score (nSPS) is 21.5. The van der Waals surface area contributed by atoms with Gasteiger partial charge in [0.05, 0.1) is 0 Å². The first kappa shape index (κ1) is 13.4. The molecule has 0 spiro atoms. The first-order valence-electron chi connectivity index (χ1n) is 5.61. The van der Waals surface area contributed by atoms with E-state index in [2.05, 4.69) is 34.3 Å². The van der Waals surface area contributed by atoms with Crippen molar-refractivity contribution >= 4 is 12.4 Å². The SMILES string of the molecule is Cc1ccc(CN2CCN[C@@H](C)C2)cn1.Cl. The number of halogens is 1. The number of hydrogen-bond acceptors (Lipinski definition) is 3. The van der Waals surface area contributed by atoms with Crippen LogP contribution < -0.4 is 5.32 Å². The Morgan fingerprint density at radius 3 is 2.94 bits per heavy atom. The molecule has 2 rings (SSSR count). The van der Waals surface area contributed by atoms with Crippen LogP contribution in [0.1, 0.15) is 18.2 Å². The second-order valence-electron chi connectivity index (χ2n) is 4.40. The number of nitrogens with zero attached hydrogens (tertiary/aromatic N) is 2. The topological polar surface area (TPSA) is 28.2 Å². The van der Waals surface area contributed by atoms with Gasteiger partial charge in [-0.1, -0.05) is 6.07 Å². The third kappa shape index (κ3) is 3.74. The zero-order valence-electron chi connectivity index (χ0n) is 9.94. The van der Waals surface area contributed by atoms with Crippen LogP contribution in [0.25, 0.3) is 0 Å². The summed E-state index contributed by atoms with van der Waals surface area (Å²) < 4.78 is 0. The fourth-order valence-corrected chi connectivity index (χ4v) is 2.01. The molecule has 2 heterocycles. The van der Waals surface area contributed by atoms with E-state index in [1.165, 1.54) is 5.56 Å². The Balaban J connectivity index is 0.00000128. The molecule has 4 heteroatoms. The maximum atomic E-state index is 4.32. The van der Waals surface area contributed by atoms with E-state index in [9.17, 15) is 0 Å². The van der Waals surface area contributed by atoms with E-state index >= 15 is 0 Å². The van der Waals surface area contributed by atoms with Crippen LogP contribution in [0.3, 0.4) is 0 Å². The van der Waals surface area contributed by atoms with Crippen LogP contribution in [0.15, 0.2) is 18.3 Å². The minimum Gasteiger partial charge on any atom is -0.312 e. The average molecular weight is 242 g/mol. The third-order valence-electron chi connectivity index (χ3n) is 2.83. The van der Waals surface area contributed by atoms with Crippen molar-refractivity contribution in [3.8, 4) is 0 Å². The summed E-state index contributed by atoms with van der Waals surface area (Å²) in [7, 11) is 0. The monoisotopic (exact) mass is 241 g/mol. The lowest BCUT2D eigenvalue weighted by Gasteiger charge is -2.31. The van der Waals surface area contributed by atoms with E-state index in [0.717, 1.165) is 31.9 Å². The van der Waals surface area contributed by atoms with Gasteiger partial charge in [-0.25, -0.2) is 0 Å². The van der Waals surface area contributed by atoms with Crippen molar-refractivity contribution in [1.29, 1.82) is 0 Å². The van der Waals surface area contributed by atoms with Crippen LogP contribution in [0.2, 0.25) is 0 Å². The molecule has 0 aromatic carbocycles. The van der Waals surface area contributed by atoms with Crippen LogP contribution in [-0.4, -0.2) is 35.6 Å². The molecule has 90 valence electrons. The minimum atomic E-state index is 0. The lowest BCUT2D eigenvalue weighted by molar-refractivity contribution is 0.199. The van der Waals surface area contributed by atoms with Gasteiger partial charge in [-0.05, 0) is 25.5 Å². The van der Waals surface area contributed by atoms with Gasteiger partial charge >= 0.3 is 0 Å². The van der Waals surface area contributed by atoms with Crippen molar-refractivity contribution in [2.24, 2.45) is 0 Å². The van der Waals surface area contributed by atoms with Crippen LogP contribution in [0, 0.1) is 6.92 Å². The molecule has 1 N–H and O–H groups in total. The fraction of sp³-hybridized carbons (Fsp3) is 0.583. The largest absolute Gasteiger partial charge is 0.312 e. The third-order valence-corrected chi connectivity index (χ3v) is 2.83. The molecule has 1 aliphatic rings. The summed E-state index contributed by atoms with van der Waals surface area (Å²) in [5, 5.41) is 3.45. The molecular weight excluding hydrogens is 222 g/mol. The molecule has 1 atom stereocenters. The van der Waals surface area contributed by atoms with Crippen LogP contribution in [0.4, 0.5) is 0 Å². The predicted molar refractivity (Wildman–Crippen MR) is 69.0 cm³/mol. The van der Waals surface area contributed by atoms with Crippen molar-refractivity contribution in [3.05, 3.63) is 29.6 Å². The van der Waals surface area contributed by atoms with Crippen molar-refractivity contribution in [1.82, 2.24) is 15.2 Å². The molecular formula is C12H20ClN3. The molecule has 1 fully saturated rings. The predicted octanol–water partition coefficient (Wildman–Crippen LogP) is 1.61. The second-order valence-corrected chi connectivity index (χ2v) is 4.40. The quantitative estimate of drug-likeness (QED) is 0.853. The maximum absolute atomic E-state index is 4.32. The zero-order chi connectivity index (χ0) is 10.7. The van der Waals surface area contributed by atoms with Gasteiger partial charge in [-0.3, -0.25) is 9.88 Å². The molecule has 0 saturated carbocycles. The number of nitrogens with one attached hydrogen (secondary N) is 1. The summed E-state index contributed by atoms with van der Waals surface area (Å²) in [4.78, 5) is 6.80. The summed E-state index contributed by atoms with van der Waals surface area (Å²) in [6.07, 6.45) is 1.99. The first-order valence-corrected chi connectivity index (χ1v) is 5.61. The van der Waals surface area contributed by atoms with Gasteiger partial charge in [-0.15, -0.1) is 12.4 Å². The van der Waals surface area contributed by atoms with Crippen molar-refractivity contribution in [2.75, 3.05) is 19.6 Å². The molecule has 3 nitrogen and oxygen atoms in total. The van der Waals surface area contributed by atoms with Crippen LogP contribution >= 0.6 is 12.4 Å². The number of aromatic nitrogens is 1. The van der Waals surface area contributed by atoms with Gasteiger partial charge in [0.1, 0.15) is 0 Å². The fourth-order valence-electron chi connectivity index (χ4n) is 2.01. The van der Waals surface area contributed by atoms with Crippen molar-refractivity contribution in [3.63, 3.8) is 0 Å². The van der Waals surface area contributed by atoms with E-state index in [0.29, 0.717) is 6.04 Å². The molecule has 0 radical (unpaired) electrons. The van der Waals surface area contributed by atoms with Gasteiger partial charge in [0.2, 0.25) is 0 Å². The van der Waals surface area contributed by atoms with E-state index < -0.39 is 0 Å². The molecule has 0 bridgehead atoms. The second kappa shape index (κ2) is 6.18. The Kier molecular flexibility index (Phi) is 5.19. The van der Waals surface area contributed by atoms with Gasteiger partial charge in [0.15, 0.2) is 0 Å². The van der Waals surface area contributed by atoms with E-state index in [-0.39, 0.29) is 12.4 Å². The molecule has 0 unspecified atom stereocenters. The van der Waals surface area contributed by atoms with Gasteiger partial charge in [0, 0.05) is 44.1 Å². The Bertz CT molecular complexity index is 313. The first-order chi connectivity index (χ1) is 7.24. The molecule has 16 heavy (non-hydrogen) atoms. The number of piperazine rings is 1. The van der Waals surface area contributed by atoms with E-state index in [4.69, 9.17) is 0 Å². The summed E-state index contributed by atoms with van der Waals surface area (Å²) in [6, 6.07) is 4.87. The highest BCUT2D eigenvalue weighted by atomic mass is 35.5. The summed E-state index contributed by atoms with van der Waals surface area (Å²) in [5.74, 6) is 0. The lowest BCUT2D eigenvalue weighted by atomic mass is 10.2. The molecule has 1 aromatic heterocycles. The van der Waals surface area contributed by atoms with Gasteiger partial charge in [-0.2, -0.15) is 0 Å². The Morgan fingerprint density at radius 1 is 1.50 bits per heavy atom. The van der Waals surface area contributed by atoms with E-state index in [1.54, 1.807) is 0 Å². The summed E-state index contributed by atoms with van der Waals surface area (Å²) in [5.41, 5.74) is 2.40. The maximum Gasteiger partial charge on any atom is 0.0372 e. The summed E-state index contributed by atoms with van der Waals surface area (Å²) in [6.45, 7) is 8.65. The summed E-state index contributed by atoms with van der Waals surface area (Å²) >= 11 is 0. The molecule has 1 aromatic rings. The van der Waals surface area contributed by atoms with Crippen molar-refractivity contribution in [2.45, 2.75) is 26.4 Å². The molecule has 1 saturated heterocycles. The van der Waals surface area contributed by atoms with Gasteiger partial charge < -0.3 is 5.32 Å². The smallest absolute Gasteiger partial charge is 0.0372 e. The minimum absolute atomic E-state index is 0. The highest BCUT2D eigenvalue weighted by Gasteiger charge is 2.15. The van der Waals surface area contributed by atoms with Gasteiger partial charge in [0.25, 0.3) is 0 Å². The highest BCUT2D eigenvalue weighted by Crippen LogP contribution is 2.07. The Labute approximate surface area is 104 Å². The average Bonchev–Trinajstić information content (AvgIpc) is 2.22.